The highest BCUT2D eigenvalue weighted by molar-refractivity contribution is 5.94. The van der Waals surface area contributed by atoms with E-state index in [9.17, 15) is 4.79 Å². The van der Waals surface area contributed by atoms with Crippen molar-refractivity contribution in [2.24, 2.45) is 0 Å². The molecule has 3 aromatic rings. The van der Waals surface area contributed by atoms with Gasteiger partial charge >= 0.3 is 6.03 Å². The van der Waals surface area contributed by atoms with Crippen LogP contribution in [0.15, 0.2) is 42.6 Å². The van der Waals surface area contributed by atoms with Crippen molar-refractivity contribution < 1.29 is 4.79 Å². The van der Waals surface area contributed by atoms with Crippen LogP contribution in [0.25, 0.3) is 10.9 Å². The number of rotatable bonds is 6. The highest BCUT2D eigenvalue weighted by Crippen LogP contribution is 2.21. The molecule has 2 aromatic heterocycles. The summed E-state index contributed by atoms with van der Waals surface area (Å²) in [4.78, 5) is 16.6. The van der Waals surface area contributed by atoms with Crippen LogP contribution in [-0.4, -0.2) is 27.8 Å². The van der Waals surface area contributed by atoms with E-state index in [4.69, 9.17) is 0 Å². The van der Waals surface area contributed by atoms with E-state index in [0.717, 1.165) is 35.2 Å². The number of anilines is 2. The second kappa shape index (κ2) is 7.65. The van der Waals surface area contributed by atoms with E-state index in [1.807, 2.05) is 44.2 Å². The van der Waals surface area contributed by atoms with E-state index >= 15 is 0 Å². The van der Waals surface area contributed by atoms with Gasteiger partial charge in [-0.25, -0.2) is 9.78 Å². The van der Waals surface area contributed by atoms with E-state index in [1.165, 1.54) is 0 Å². The molecule has 1 atom stereocenters. The predicted molar refractivity (Wildman–Crippen MR) is 99.7 cm³/mol. The fraction of sp³-hybridized carbons (Fsp3) is 0.278. The van der Waals surface area contributed by atoms with Crippen molar-refractivity contribution in [3.8, 4) is 0 Å². The Morgan fingerprint density at radius 1 is 1.24 bits per heavy atom. The number of amides is 2. The summed E-state index contributed by atoms with van der Waals surface area (Å²) in [5.74, 6) is 1.23. The van der Waals surface area contributed by atoms with Crippen LogP contribution in [0.2, 0.25) is 0 Å². The molecule has 7 nitrogen and oxygen atoms in total. The minimum absolute atomic E-state index is 0.0440. The first kappa shape index (κ1) is 16.8. The van der Waals surface area contributed by atoms with E-state index in [-0.39, 0.29) is 12.1 Å². The molecule has 0 saturated carbocycles. The van der Waals surface area contributed by atoms with E-state index in [2.05, 4.69) is 31.1 Å². The number of pyridine rings is 1. The Hall–Kier alpha value is -3.09. The number of hydrogen-bond donors (Lipinski definition) is 4. The number of hydrogen-bond acceptors (Lipinski definition) is 4. The highest BCUT2D eigenvalue weighted by atomic mass is 16.2. The number of urea groups is 1. The third kappa shape index (κ3) is 3.88. The first-order chi connectivity index (χ1) is 12.2. The van der Waals surface area contributed by atoms with Gasteiger partial charge in [0.15, 0.2) is 5.82 Å². The second-order valence-corrected chi connectivity index (χ2v) is 5.69. The molecule has 3 rings (SSSR count). The van der Waals surface area contributed by atoms with Crippen LogP contribution in [0, 0.1) is 0 Å². The van der Waals surface area contributed by atoms with Crippen LogP contribution in [-0.2, 0) is 0 Å². The first-order valence-corrected chi connectivity index (χ1v) is 8.41. The fourth-order valence-electron chi connectivity index (χ4n) is 2.70. The fourth-order valence-corrected chi connectivity index (χ4v) is 2.70. The van der Waals surface area contributed by atoms with Crippen molar-refractivity contribution in [2.75, 3.05) is 17.2 Å². The number of fused-ring (bicyclic) bond motifs is 1. The largest absolute Gasteiger partial charge is 0.368 e. The number of aromatic nitrogens is 3. The zero-order chi connectivity index (χ0) is 17.6. The summed E-state index contributed by atoms with van der Waals surface area (Å²) in [5, 5.41) is 17.0. The van der Waals surface area contributed by atoms with E-state index in [0.29, 0.717) is 5.82 Å². The molecule has 130 valence electrons. The molecule has 1 aromatic carbocycles. The minimum atomic E-state index is -0.283. The van der Waals surface area contributed by atoms with Gasteiger partial charge in [-0.2, -0.15) is 5.10 Å². The molecule has 0 aliphatic carbocycles. The Morgan fingerprint density at radius 3 is 2.76 bits per heavy atom. The van der Waals surface area contributed by atoms with Crippen LogP contribution in [0.1, 0.15) is 31.9 Å². The quantitative estimate of drug-likeness (QED) is 0.551. The molecule has 4 N–H and O–H groups in total. The molecule has 7 heteroatoms. The van der Waals surface area contributed by atoms with Gasteiger partial charge in [0.2, 0.25) is 0 Å². The molecule has 0 saturated heterocycles. The average Bonchev–Trinajstić information content (AvgIpc) is 3.03. The molecule has 1 unspecified atom stereocenters. The van der Waals surface area contributed by atoms with Gasteiger partial charge < -0.3 is 10.6 Å². The zero-order valence-electron chi connectivity index (χ0n) is 14.3. The molecular weight excluding hydrogens is 316 g/mol. The van der Waals surface area contributed by atoms with E-state index < -0.39 is 0 Å². The summed E-state index contributed by atoms with van der Waals surface area (Å²) >= 11 is 0. The van der Waals surface area contributed by atoms with Crippen molar-refractivity contribution in [1.29, 1.82) is 0 Å². The van der Waals surface area contributed by atoms with Crippen LogP contribution in [0.3, 0.4) is 0 Å². The Kier molecular flexibility index (Phi) is 5.13. The van der Waals surface area contributed by atoms with Gasteiger partial charge in [-0.05, 0) is 18.9 Å². The van der Waals surface area contributed by atoms with Crippen molar-refractivity contribution in [1.82, 2.24) is 20.5 Å². The Morgan fingerprint density at radius 2 is 2.04 bits per heavy atom. The molecular formula is C18H22N6O. The Labute approximate surface area is 146 Å². The third-order valence-electron chi connectivity index (χ3n) is 3.95. The van der Waals surface area contributed by atoms with Gasteiger partial charge in [0.05, 0.1) is 16.9 Å². The smallest absolute Gasteiger partial charge is 0.320 e. The number of carbonyl (C=O) groups excluding carboxylic acids is 1. The van der Waals surface area contributed by atoms with Crippen LogP contribution < -0.4 is 16.0 Å². The zero-order valence-corrected chi connectivity index (χ0v) is 14.3. The molecule has 0 bridgehead atoms. The van der Waals surface area contributed by atoms with Crippen molar-refractivity contribution in [2.45, 2.75) is 26.3 Å². The SMILES string of the molecule is CCNc1n[nH]c2cc(NC(=O)NC(CC)c3ccccc3)ncc12. The van der Waals surface area contributed by atoms with Gasteiger partial charge in [0.25, 0.3) is 0 Å². The van der Waals surface area contributed by atoms with Crippen molar-refractivity contribution >= 4 is 28.6 Å². The van der Waals surface area contributed by atoms with Crippen molar-refractivity contribution in [3.63, 3.8) is 0 Å². The molecule has 0 fully saturated rings. The normalized spacial score (nSPS) is 11.9. The van der Waals surface area contributed by atoms with Crippen LogP contribution in [0.5, 0.6) is 0 Å². The molecule has 0 aliphatic rings. The summed E-state index contributed by atoms with van der Waals surface area (Å²) in [5.41, 5.74) is 1.89. The lowest BCUT2D eigenvalue weighted by Crippen LogP contribution is -2.32. The lowest BCUT2D eigenvalue weighted by atomic mass is 10.1. The van der Waals surface area contributed by atoms with Gasteiger partial charge in [-0.3, -0.25) is 10.4 Å². The topological polar surface area (TPSA) is 94.7 Å². The molecule has 2 heterocycles. The van der Waals surface area contributed by atoms with Crippen LogP contribution in [0.4, 0.5) is 16.4 Å². The number of H-pyrrole nitrogens is 1. The summed E-state index contributed by atoms with van der Waals surface area (Å²) in [7, 11) is 0. The standard InChI is InChI=1S/C18H22N6O/c1-3-14(12-8-6-5-7-9-12)21-18(25)22-16-10-15-13(11-20-16)17(19-4-2)24-23-15/h5-11,14H,3-4H2,1-2H3,(H2,19,23,24)(H2,20,21,22,25). The number of benzene rings is 1. The lowest BCUT2D eigenvalue weighted by molar-refractivity contribution is 0.248. The number of nitrogens with zero attached hydrogens (tertiary/aromatic N) is 2. The summed E-state index contributed by atoms with van der Waals surface area (Å²) in [6.07, 6.45) is 2.50. The maximum atomic E-state index is 12.3. The maximum Gasteiger partial charge on any atom is 0.320 e. The van der Waals surface area contributed by atoms with Gasteiger partial charge in [-0.15, -0.1) is 0 Å². The number of aromatic amines is 1. The molecule has 25 heavy (non-hydrogen) atoms. The number of carbonyl (C=O) groups is 1. The minimum Gasteiger partial charge on any atom is -0.368 e. The van der Waals surface area contributed by atoms with Gasteiger partial charge in [-0.1, -0.05) is 37.3 Å². The molecule has 0 aliphatic heterocycles. The highest BCUT2D eigenvalue weighted by Gasteiger charge is 2.13. The van der Waals surface area contributed by atoms with E-state index in [1.54, 1.807) is 12.3 Å². The predicted octanol–water partition coefficient (Wildman–Crippen LogP) is 3.66. The Bertz CT molecular complexity index is 845. The molecule has 2 amide bonds. The van der Waals surface area contributed by atoms with Crippen molar-refractivity contribution in [3.05, 3.63) is 48.2 Å². The third-order valence-corrected chi connectivity index (χ3v) is 3.95. The summed E-state index contributed by atoms with van der Waals surface area (Å²) in [6, 6.07) is 11.3. The first-order valence-electron chi connectivity index (χ1n) is 8.41. The molecule has 0 spiro atoms. The monoisotopic (exact) mass is 338 g/mol. The lowest BCUT2D eigenvalue weighted by Gasteiger charge is -2.17. The van der Waals surface area contributed by atoms with Gasteiger partial charge in [0, 0.05) is 18.8 Å². The van der Waals surface area contributed by atoms with Gasteiger partial charge in [0.1, 0.15) is 5.82 Å². The maximum absolute atomic E-state index is 12.3. The molecule has 0 radical (unpaired) electrons. The number of nitrogens with one attached hydrogen (secondary N) is 4. The summed E-state index contributed by atoms with van der Waals surface area (Å²) in [6.45, 7) is 4.82. The second-order valence-electron chi connectivity index (χ2n) is 5.69. The summed E-state index contributed by atoms with van der Waals surface area (Å²) < 4.78 is 0. The Balaban J connectivity index is 1.69. The average molecular weight is 338 g/mol. The van der Waals surface area contributed by atoms with Crippen LogP contribution >= 0.6 is 0 Å².